The van der Waals surface area contributed by atoms with Gasteiger partial charge in [0.25, 0.3) is 5.91 Å². The highest BCUT2D eigenvalue weighted by Crippen LogP contribution is 2.26. The number of pyridine rings is 1. The van der Waals surface area contributed by atoms with Crippen LogP contribution in [0.3, 0.4) is 0 Å². The molecule has 33 heavy (non-hydrogen) atoms. The third kappa shape index (κ3) is 4.58. The average Bonchev–Trinajstić information content (AvgIpc) is 3.39. The van der Waals surface area contributed by atoms with Gasteiger partial charge in [-0.1, -0.05) is 36.4 Å². The second-order valence-electron chi connectivity index (χ2n) is 8.62. The van der Waals surface area contributed by atoms with Crippen molar-refractivity contribution in [3.05, 3.63) is 78.3 Å². The molecule has 2 amide bonds. The Morgan fingerprint density at radius 2 is 1.79 bits per heavy atom. The van der Waals surface area contributed by atoms with Gasteiger partial charge >= 0.3 is 0 Å². The van der Waals surface area contributed by atoms with Crippen molar-refractivity contribution < 1.29 is 9.59 Å². The van der Waals surface area contributed by atoms with Gasteiger partial charge in [0.1, 0.15) is 5.69 Å². The minimum absolute atomic E-state index is 0.106. The Morgan fingerprint density at radius 1 is 0.970 bits per heavy atom. The normalized spacial score (nSPS) is 18.7. The number of aromatic nitrogens is 3. The molecule has 1 N–H and O–H groups in total. The largest absolute Gasteiger partial charge is 0.338 e. The number of carbonyl (C=O) groups is 2. The van der Waals surface area contributed by atoms with Crippen LogP contribution < -0.4 is 0 Å². The number of benzene rings is 1. The fourth-order valence-corrected chi connectivity index (χ4v) is 4.68. The van der Waals surface area contributed by atoms with E-state index in [1.807, 2.05) is 35.2 Å². The zero-order chi connectivity index (χ0) is 22.6. The van der Waals surface area contributed by atoms with E-state index in [1.165, 1.54) is 11.1 Å². The summed E-state index contributed by atoms with van der Waals surface area (Å²) in [5.74, 6) is -0.111. The molecule has 2 aromatic heterocycles. The summed E-state index contributed by atoms with van der Waals surface area (Å²) < 4.78 is 0. The van der Waals surface area contributed by atoms with Crippen LogP contribution in [-0.2, 0) is 4.79 Å². The number of aromatic amines is 1. The molecule has 1 unspecified atom stereocenters. The monoisotopic (exact) mass is 441 g/mol. The molecule has 5 rings (SSSR count). The van der Waals surface area contributed by atoms with Crippen LogP contribution in [0, 0.1) is 5.92 Å². The Kier molecular flexibility index (Phi) is 6.02. The van der Waals surface area contributed by atoms with Crippen molar-refractivity contribution in [3.8, 4) is 11.3 Å². The lowest BCUT2D eigenvalue weighted by atomic mass is 9.94. The Balaban J connectivity index is 1.22. The van der Waals surface area contributed by atoms with Crippen molar-refractivity contribution in [2.75, 3.05) is 26.2 Å². The molecule has 1 saturated heterocycles. The van der Waals surface area contributed by atoms with Crippen LogP contribution in [0.2, 0.25) is 0 Å². The SMILES string of the molecule is O=C(c1cc(-c2ccncc2)n[nH]1)N1CCCC(C(=O)N2CC=C(c3ccccc3)CC2)C1. The second kappa shape index (κ2) is 9.40. The second-order valence-corrected chi connectivity index (χ2v) is 8.62. The number of hydrogen-bond acceptors (Lipinski definition) is 4. The van der Waals surface area contributed by atoms with Crippen LogP contribution in [0.5, 0.6) is 0 Å². The van der Waals surface area contributed by atoms with Gasteiger partial charge in [-0.05, 0) is 48.6 Å². The number of H-pyrrole nitrogens is 1. The van der Waals surface area contributed by atoms with E-state index >= 15 is 0 Å². The van der Waals surface area contributed by atoms with E-state index in [2.05, 4.69) is 33.4 Å². The summed E-state index contributed by atoms with van der Waals surface area (Å²) in [5, 5.41) is 7.14. The Bertz CT molecular complexity index is 1160. The van der Waals surface area contributed by atoms with Crippen LogP contribution in [0.25, 0.3) is 16.8 Å². The molecule has 168 valence electrons. The standard InChI is InChI=1S/C26H27N5O2/c32-25(30-15-10-20(11-16-30)19-5-2-1-3-6-19)22-7-4-14-31(18-22)26(33)24-17-23(28-29-24)21-8-12-27-13-9-21/h1-3,5-6,8-10,12-13,17,22H,4,7,11,14-16,18H2,(H,28,29). The molecular formula is C26H27N5O2. The first kappa shape index (κ1) is 21.1. The van der Waals surface area contributed by atoms with E-state index in [9.17, 15) is 9.59 Å². The first-order valence-electron chi connectivity index (χ1n) is 11.5. The van der Waals surface area contributed by atoms with Gasteiger partial charge in [-0.25, -0.2) is 0 Å². The molecular weight excluding hydrogens is 414 g/mol. The van der Waals surface area contributed by atoms with Crippen molar-refractivity contribution >= 4 is 17.4 Å². The molecule has 4 heterocycles. The Morgan fingerprint density at radius 3 is 2.55 bits per heavy atom. The third-order valence-corrected chi connectivity index (χ3v) is 6.51. The van der Waals surface area contributed by atoms with E-state index < -0.39 is 0 Å². The summed E-state index contributed by atoms with van der Waals surface area (Å²) in [6, 6.07) is 15.8. The molecule has 1 aromatic carbocycles. The zero-order valence-electron chi connectivity index (χ0n) is 18.5. The van der Waals surface area contributed by atoms with Crippen molar-refractivity contribution in [1.82, 2.24) is 25.0 Å². The van der Waals surface area contributed by atoms with Gasteiger partial charge in [0.15, 0.2) is 0 Å². The van der Waals surface area contributed by atoms with E-state index in [-0.39, 0.29) is 17.7 Å². The van der Waals surface area contributed by atoms with Crippen LogP contribution in [0.4, 0.5) is 0 Å². The molecule has 0 saturated carbocycles. The van der Waals surface area contributed by atoms with E-state index in [0.717, 1.165) is 31.4 Å². The molecule has 1 fully saturated rings. The number of amides is 2. The van der Waals surface area contributed by atoms with Gasteiger partial charge in [-0.3, -0.25) is 19.7 Å². The lowest BCUT2D eigenvalue weighted by molar-refractivity contribution is -0.136. The number of hydrogen-bond donors (Lipinski definition) is 1. The number of nitrogens with one attached hydrogen (secondary N) is 1. The Labute approximate surface area is 193 Å². The summed E-state index contributed by atoms with van der Waals surface area (Å²) in [6.45, 7) is 2.46. The summed E-state index contributed by atoms with van der Waals surface area (Å²) in [7, 11) is 0. The van der Waals surface area contributed by atoms with Crippen LogP contribution in [0.1, 0.15) is 35.3 Å². The minimum Gasteiger partial charge on any atom is -0.338 e. The average molecular weight is 442 g/mol. The van der Waals surface area contributed by atoms with Crippen molar-refractivity contribution in [1.29, 1.82) is 0 Å². The van der Waals surface area contributed by atoms with Gasteiger partial charge < -0.3 is 9.80 Å². The van der Waals surface area contributed by atoms with E-state index in [4.69, 9.17) is 0 Å². The van der Waals surface area contributed by atoms with E-state index in [1.54, 1.807) is 23.4 Å². The topological polar surface area (TPSA) is 82.2 Å². The van der Waals surface area contributed by atoms with E-state index in [0.29, 0.717) is 31.0 Å². The highest BCUT2D eigenvalue weighted by molar-refractivity contribution is 5.94. The molecule has 3 aromatic rings. The summed E-state index contributed by atoms with van der Waals surface area (Å²) in [4.78, 5) is 34.1. The molecule has 7 heteroatoms. The molecule has 0 aliphatic carbocycles. The maximum atomic E-state index is 13.2. The minimum atomic E-state index is -0.156. The van der Waals surface area contributed by atoms with Crippen LogP contribution in [0.15, 0.2) is 67.0 Å². The number of carbonyl (C=O) groups excluding carboxylic acids is 2. The molecule has 2 aliphatic heterocycles. The quantitative estimate of drug-likeness (QED) is 0.670. The third-order valence-electron chi connectivity index (χ3n) is 6.51. The molecule has 2 aliphatic rings. The van der Waals surface area contributed by atoms with Gasteiger partial charge in [0.05, 0.1) is 11.6 Å². The highest BCUT2D eigenvalue weighted by atomic mass is 16.2. The molecule has 0 radical (unpaired) electrons. The van der Waals surface area contributed by atoms with Crippen molar-refractivity contribution in [2.24, 2.45) is 5.92 Å². The molecule has 0 spiro atoms. The lowest BCUT2D eigenvalue weighted by Gasteiger charge is -2.35. The molecule has 1 atom stereocenters. The van der Waals surface area contributed by atoms with Gasteiger partial charge in [-0.15, -0.1) is 0 Å². The fraction of sp³-hybridized carbons (Fsp3) is 0.308. The summed E-state index contributed by atoms with van der Waals surface area (Å²) in [5.41, 5.74) is 4.58. The number of piperidine rings is 1. The number of likely N-dealkylation sites (tertiary alicyclic amines) is 1. The van der Waals surface area contributed by atoms with Crippen LogP contribution in [-0.4, -0.2) is 63.0 Å². The number of nitrogens with zero attached hydrogens (tertiary/aromatic N) is 4. The lowest BCUT2D eigenvalue weighted by Crippen LogP contribution is -2.47. The van der Waals surface area contributed by atoms with Gasteiger partial charge in [0, 0.05) is 44.1 Å². The predicted molar refractivity (Wildman–Crippen MR) is 126 cm³/mol. The maximum Gasteiger partial charge on any atom is 0.271 e. The summed E-state index contributed by atoms with van der Waals surface area (Å²) in [6.07, 6.45) is 8.06. The maximum absolute atomic E-state index is 13.2. The number of rotatable bonds is 4. The fourth-order valence-electron chi connectivity index (χ4n) is 4.68. The first-order chi connectivity index (χ1) is 16.2. The Hall–Kier alpha value is -3.74. The summed E-state index contributed by atoms with van der Waals surface area (Å²) >= 11 is 0. The molecule has 0 bridgehead atoms. The smallest absolute Gasteiger partial charge is 0.271 e. The predicted octanol–water partition coefficient (Wildman–Crippen LogP) is 3.64. The van der Waals surface area contributed by atoms with Crippen molar-refractivity contribution in [3.63, 3.8) is 0 Å². The van der Waals surface area contributed by atoms with Crippen LogP contribution >= 0.6 is 0 Å². The molecule has 7 nitrogen and oxygen atoms in total. The van der Waals surface area contributed by atoms with Gasteiger partial charge in [-0.2, -0.15) is 5.10 Å². The highest BCUT2D eigenvalue weighted by Gasteiger charge is 2.32. The zero-order valence-corrected chi connectivity index (χ0v) is 18.5. The van der Waals surface area contributed by atoms with Crippen molar-refractivity contribution in [2.45, 2.75) is 19.3 Å². The first-order valence-corrected chi connectivity index (χ1v) is 11.5. The van der Waals surface area contributed by atoms with Gasteiger partial charge in [0.2, 0.25) is 5.91 Å².